The first-order valence-corrected chi connectivity index (χ1v) is 7.74. The van der Waals surface area contributed by atoms with Crippen LogP contribution < -0.4 is 10.3 Å². The molecule has 1 N–H and O–H groups in total. The molecule has 0 unspecified atom stereocenters. The molecule has 0 fully saturated rings. The number of nitrogens with zero attached hydrogens (tertiary/aromatic N) is 2. The quantitative estimate of drug-likeness (QED) is 0.801. The Morgan fingerprint density at radius 2 is 2.04 bits per heavy atom. The van der Waals surface area contributed by atoms with Crippen LogP contribution in [0.1, 0.15) is 11.3 Å². The van der Waals surface area contributed by atoms with Crippen molar-refractivity contribution in [2.24, 2.45) is 0 Å². The van der Waals surface area contributed by atoms with E-state index in [0.717, 1.165) is 27.6 Å². The second-order valence-electron chi connectivity index (χ2n) is 4.93. The molecule has 23 heavy (non-hydrogen) atoms. The average Bonchev–Trinajstić information content (AvgIpc) is 3.05. The van der Waals surface area contributed by atoms with E-state index in [-0.39, 0.29) is 11.1 Å². The van der Waals surface area contributed by atoms with Gasteiger partial charge in [0.1, 0.15) is 22.4 Å². The van der Waals surface area contributed by atoms with E-state index in [1.165, 1.54) is 11.3 Å². The van der Waals surface area contributed by atoms with E-state index in [1.807, 2.05) is 35.7 Å². The first kappa shape index (κ1) is 15.0. The predicted molar refractivity (Wildman–Crippen MR) is 89.6 cm³/mol. The molecule has 2 heterocycles. The second kappa shape index (κ2) is 6.07. The summed E-state index contributed by atoms with van der Waals surface area (Å²) < 4.78 is 5.15. The zero-order valence-corrected chi connectivity index (χ0v) is 13.4. The largest absolute Gasteiger partial charge is 0.497 e. The number of aryl methyl sites for hydroxylation is 1. The first-order valence-electron chi connectivity index (χ1n) is 6.86. The summed E-state index contributed by atoms with van der Waals surface area (Å²) in [5.74, 6) is 0.791. The van der Waals surface area contributed by atoms with Gasteiger partial charge in [-0.15, -0.1) is 11.3 Å². The summed E-state index contributed by atoms with van der Waals surface area (Å²) in [5.41, 5.74) is 3.01. The van der Waals surface area contributed by atoms with Crippen LogP contribution in [-0.4, -0.2) is 17.1 Å². The van der Waals surface area contributed by atoms with Gasteiger partial charge in [0.05, 0.1) is 12.8 Å². The maximum atomic E-state index is 11.6. The van der Waals surface area contributed by atoms with Gasteiger partial charge in [0.15, 0.2) is 0 Å². The summed E-state index contributed by atoms with van der Waals surface area (Å²) in [7, 11) is 1.63. The van der Waals surface area contributed by atoms with Gasteiger partial charge in [0.25, 0.3) is 5.56 Å². The number of benzene rings is 1. The Morgan fingerprint density at radius 1 is 1.30 bits per heavy atom. The van der Waals surface area contributed by atoms with Crippen molar-refractivity contribution >= 4 is 11.3 Å². The van der Waals surface area contributed by atoms with Crippen LogP contribution in [0.15, 0.2) is 40.5 Å². The van der Waals surface area contributed by atoms with Crippen molar-refractivity contribution in [3.63, 3.8) is 0 Å². The predicted octanol–water partition coefficient (Wildman–Crippen LogP) is 3.35. The SMILES string of the molecule is COc1ccc(-c2csc(-c3cc(C#N)c(=O)[nH]c3C)n2)cc1. The number of pyridine rings is 1. The fourth-order valence-corrected chi connectivity index (χ4v) is 3.12. The van der Waals surface area contributed by atoms with Gasteiger partial charge in [0, 0.05) is 22.2 Å². The van der Waals surface area contributed by atoms with Crippen LogP contribution in [0, 0.1) is 18.3 Å². The van der Waals surface area contributed by atoms with Crippen LogP contribution in [0.3, 0.4) is 0 Å². The van der Waals surface area contributed by atoms with Crippen LogP contribution in [0.5, 0.6) is 5.75 Å². The number of nitrogens with one attached hydrogen (secondary N) is 1. The van der Waals surface area contributed by atoms with Crippen LogP contribution in [0.4, 0.5) is 0 Å². The summed E-state index contributed by atoms with van der Waals surface area (Å²) in [6, 6.07) is 11.1. The Labute approximate surface area is 136 Å². The molecule has 3 aromatic rings. The van der Waals surface area contributed by atoms with Crippen molar-refractivity contribution in [3.05, 3.63) is 57.3 Å². The molecule has 0 aliphatic carbocycles. The van der Waals surface area contributed by atoms with Gasteiger partial charge >= 0.3 is 0 Å². The zero-order valence-electron chi connectivity index (χ0n) is 12.6. The van der Waals surface area contributed by atoms with Crippen molar-refractivity contribution in [2.45, 2.75) is 6.92 Å². The molecule has 0 spiro atoms. The van der Waals surface area contributed by atoms with E-state index in [4.69, 9.17) is 10.00 Å². The summed E-state index contributed by atoms with van der Waals surface area (Å²) in [6.07, 6.45) is 0. The van der Waals surface area contributed by atoms with Gasteiger partial charge in [-0.2, -0.15) is 5.26 Å². The highest BCUT2D eigenvalue weighted by atomic mass is 32.1. The normalized spacial score (nSPS) is 10.3. The molecular formula is C17H13N3O2S. The maximum absolute atomic E-state index is 11.6. The third-order valence-electron chi connectivity index (χ3n) is 3.48. The van der Waals surface area contributed by atoms with E-state index in [9.17, 15) is 4.79 Å². The molecule has 3 rings (SSSR count). The second-order valence-corrected chi connectivity index (χ2v) is 5.79. The highest BCUT2D eigenvalue weighted by molar-refractivity contribution is 7.13. The molecule has 0 saturated carbocycles. The molecule has 0 aliphatic rings. The molecular weight excluding hydrogens is 310 g/mol. The Balaban J connectivity index is 2.02. The number of nitriles is 1. The molecule has 2 aromatic heterocycles. The lowest BCUT2D eigenvalue weighted by atomic mass is 10.1. The zero-order chi connectivity index (χ0) is 16.4. The van der Waals surface area contributed by atoms with Gasteiger partial charge in [-0.05, 0) is 37.3 Å². The summed E-state index contributed by atoms with van der Waals surface area (Å²) in [6.45, 7) is 1.80. The van der Waals surface area contributed by atoms with Crippen LogP contribution >= 0.6 is 11.3 Å². The van der Waals surface area contributed by atoms with Crippen molar-refractivity contribution in [3.8, 4) is 33.6 Å². The molecule has 1 aromatic carbocycles. The maximum Gasteiger partial charge on any atom is 0.266 e. The molecule has 0 bridgehead atoms. The smallest absolute Gasteiger partial charge is 0.266 e. The van der Waals surface area contributed by atoms with E-state index in [1.54, 1.807) is 20.1 Å². The third-order valence-corrected chi connectivity index (χ3v) is 4.35. The fourth-order valence-electron chi connectivity index (χ4n) is 2.22. The minimum absolute atomic E-state index is 0.0896. The Hall–Kier alpha value is -2.91. The molecule has 0 atom stereocenters. The van der Waals surface area contributed by atoms with Crippen LogP contribution in [0.25, 0.3) is 21.8 Å². The molecule has 6 heteroatoms. The number of aromatic amines is 1. The number of methoxy groups -OCH3 is 1. The van der Waals surface area contributed by atoms with E-state index in [0.29, 0.717) is 5.69 Å². The van der Waals surface area contributed by atoms with Crippen LogP contribution in [0.2, 0.25) is 0 Å². The molecule has 0 radical (unpaired) electrons. The van der Waals surface area contributed by atoms with E-state index in [2.05, 4.69) is 9.97 Å². The lowest BCUT2D eigenvalue weighted by Crippen LogP contribution is -2.11. The number of ether oxygens (including phenoxy) is 1. The third kappa shape index (κ3) is 2.87. The molecule has 0 amide bonds. The topological polar surface area (TPSA) is 78.8 Å². The number of aromatic nitrogens is 2. The van der Waals surface area contributed by atoms with E-state index < -0.39 is 0 Å². The number of H-pyrrole nitrogens is 1. The lowest BCUT2D eigenvalue weighted by molar-refractivity contribution is 0.415. The molecule has 5 nitrogen and oxygen atoms in total. The monoisotopic (exact) mass is 323 g/mol. The highest BCUT2D eigenvalue weighted by Gasteiger charge is 2.12. The lowest BCUT2D eigenvalue weighted by Gasteiger charge is -2.03. The average molecular weight is 323 g/mol. The molecule has 0 aliphatic heterocycles. The Kier molecular flexibility index (Phi) is 3.96. The number of thiazole rings is 1. The summed E-state index contributed by atoms with van der Waals surface area (Å²) >= 11 is 1.47. The van der Waals surface area contributed by atoms with E-state index >= 15 is 0 Å². The Bertz CT molecular complexity index is 949. The van der Waals surface area contributed by atoms with Crippen molar-refractivity contribution in [1.82, 2.24) is 9.97 Å². The number of hydrogen-bond donors (Lipinski definition) is 1. The summed E-state index contributed by atoms with van der Waals surface area (Å²) in [4.78, 5) is 18.9. The molecule has 0 saturated heterocycles. The minimum atomic E-state index is -0.374. The standard InChI is InChI=1S/C17H13N3O2S/c1-10-14(7-12(8-18)16(21)19-10)17-20-15(9-23-17)11-3-5-13(22-2)6-4-11/h3-7,9H,1-2H3,(H,19,21). The molecule has 114 valence electrons. The summed E-state index contributed by atoms with van der Waals surface area (Å²) in [5, 5.41) is 11.7. The fraction of sp³-hybridized carbons (Fsp3) is 0.118. The van der Waals surface area contributed by atoms with Gasteiger partial charge in [0.2, 0.25) is 0 Å². The van der Waals surface area contributed by atoms with Crippen molar-refractivity contribution in [2.75, 3.05) is 7.11 Å². The van der Waals surface area contributed by atoms with Crippen molar-refractivity contribution in [1.29, 1.82) is 5.26 Å². The van der Waals surface area contributed by atoms with Gasteiger partial charge in [-0.3, -0.25) is 4.79 Å². The van der Waals surface area contributed by atoms with Gasteiger partial charge in [-0.1, -0.05) is 0 Å². The minimum Gasteiger partial charge on any atom is -0.497 e. The van der Waals surface area contributed by atoms with Gasteiger partial charge in [-0.25, -0.2) is 4.98 Å². The number of rotatable bonds is 3. The highest BCUT2D eigenvalue weighted by Crippen LogP contribution is 2.30. The van der Waals surface area contributed by atoms with Crippen LogP contribution in [-0.2, 0) is 0 Å². The first-order chi connectivity index (χ1) is 11.1. The number of hydrogen-bond acceptors (Lipinski definition) is 5. The van der Waals surface area contributed by atoms with Gasteiger partial charge < -0.3 is 9.72 Å². The van der Waals surface area contributed by atoms with Crippen molar-refractivity contribution < 1.29 is 4.74 Å². The Morgan fingerprint density at radius 3 is 2.70 bits per heavy atom.